The molecule has 36 valence electrons. The van der Waals surface area contributed by atoms with Crippen LogP contribution in [0.2, 0.25) is 0 Å². The van der Waals surface area contributed by atoms with Gasteiger partial charge in [0, 0.05) is 0 Å². The van der Waals surface area contributed by atoms with E-state index in [2.05, 4.69) is 4.99 Å². The van der Waals surface area contributed by atoms with Gasteiger partial charge in [-0.05, 0) is 12.6 Å². The summed E-state index contributed by atoms with van der Waals surface area (Å²) in [6.45, 7) is 2.45. The maximum absolute atomic E-state index is 5.02. The zero-order valence-electron chi connectivity index (χ0n) is 4.02. The fourth-order valence-electron chi connectivity index (χ4n) is 0.204. The molecule has 6 heavy (non-hydrogen) atoms. The third kappa shape index (κ3) is 3.63. The minimum Gasteiger partial charge on any atom is -0.312 e. The van der Waals surface area contributed by atoms with Crippen LogP contribution in [0.3, 0.4) is 0 Å². The first kappa shape index (κ1) is 5.63. The molecule has 2 nitrogen and oxygen atoms in total. The van der Waals surface area contributed by atoms with Gasteiger partial charge in [0.15, 0.2) is 0 Å². The Morgan fingerprint density at radius 3 is 2.67 bits per heavy atom. The van der Waals surface area contributed by atoms with Crippen molar-refractivity contribution in [3.63, 3.8) is 0 Å². The summed E-state index contributed by atoms with van der Waals surface area (Å²) in [6, 6.07) is 0. The normalized spacial score (nSPS) is 10.3. The fourth-order valence-corrected chi connectivity index (χ4v) is 0.204. The molecule has 0 aliphatic carbocycles. The van der Waals surface area contributed by atoms with E-state index in [0.717, 1.165) is 6.42 Å². The van der Waals surface area contributed by atoms with Gasteiger partial charge in [0.05, 0.1) is 6.67 Å². The molecule has 0 fully saturated rings. The van der Waals surface area contributed by atoms with E-state index < -0.39 is 0 Å². The zero-order chi connectivity index (χ0) is 4.83. The second kappa shape index (κ2) is 4.63. The molecular weight excluding hydrogens is 76.1 g/mol. The highest BCUT2D eigenvalue weighted by molar-refractivity contribution is 5.56. The standard InChI is InChI=1S/C4H10N2/c1-2-3-6-4-5/h3H,2,4-5H2,1H3. The first-order chi connectivity index (χ1) is 2.91. The molecule has 0 rings (SSSR count). The van der Waals surface area contributed by atoms with Gasteiger partial charge in [-0.25, -0.2) is 0 Å². The first-order valence-corrected chi connectivity index (χ1v) is 2.10. The van der Waals surface area contributed by atoms with Crippen molar-refractivity contribution in [2.45, 2.75) is 13.3 Å². The van der Waals surface area contributed by atoms with Crippen LogP contribution in [0.4, 0.5) is 0 Å². The van der Waals surface area contributed by atoms with Crippen LogP contribution in [0.5, 0.6) is 0 Å². The molecule has 0 radical (unpaired) electrons. The average molecular weight is 86.1 g/mol. The van der Waals surface area contributed by atoms with E-state index in [1.54, 1.807) is 6.21 Å². The lowest BCUT2D eigenvalue weighted by Gasteiger charge is -1.74. The largest absolute Gasteiger partial charge is 0.312 e. The van der Waals surface area contributed by atoms with E-state index in [4.69, 9.17) is 5.73 Å². The van der Waals surface area contributed by atoms with Crippen LogP contribution in [-0.2, 0) is 0 Å². The summed E-state index contributed by atoms with van der Waals surface area (Å²) in [5, 5.41) is 0. The summed E-state index contributed by atoms with van der Waals surface area (Å²) in [6.07, 6.45) is 2.79. The molecule has 0 unspecified atom stereocenters. The number of nitrogens with zero attached hydrogens (tertiary/aromatic N) is 1. The van der Waals surface area contributed by atoms with Crippen LogP contribution in [0, 0.1) is 0 Å². The predicted octanol–water partition coefficient (Wildman–Crippen LogP) is 0.383. The zero-order valence-corrected chi connectivity index (χ0v) is 4.02. The van der Waals surface area contributed by atoms with Crippen LogP contribution >= 0.6 is 0 Å². The number of hydrogen-bond acceptors (Lipinski definition) is 2. The SMILES string of the molecule is CCC=NCN. The number of rotatable bonds is 2. The van der Waals surface area contributed by atoms with Gasteiger partial charge in [-0.15, -0.1) is 0 Å². The minimum absolute atomic E-state index is 0.424. The number of aliphatic imine (C=N–C) groups is 1. The van der Waals surface area contributed by atoms with Gasteiger partial charge < -0.3 is 5.73 Å². The van der Waals surface area contributed by atoms with Gasteiger partial charge in [-0.1, -0.05) is 6.92 Å². The molecule has 2 N–H and O–H groups in total. The molecule has 0 aromatic rings. The molecule has 0 heterocycles. The molecule has 0 saturated carbocycles. The lowest BCUT2D eigenvalue weighted by atomic mass is 10.5. The Hall–Kier alpha value is -0.370. The van der Waals surface area contributed by atoms with Gasteiger partial charge in [0.2, 0.25) is 0 Å². The van der Waals surface area contributed by atoms with Crippen molar-refractivity contribution in [3.8, 4) is 0 Å². The van der Waals surface area contributed by atoms with Gasteiger partial charge >= 0.3 is 0 Å². The summed E-state index contributed by atoms with van der Waals surface area (Å²) >= 11 is 0. The Bertz CT molecular complexity index is 34.8. The number of nitrogens with two attached hydrogens (primary N) is 1. The molecular formula is C4H10N2. The van der Waals surface area contributed by atoms with Crippen molar-refractivity contribution in [2.75, 3.05) is 6.67 Å². The highest BCUT2D eigenvalue weighted by Crippen LogP contribution is 1.63. The van der Waals surface area contributed by atoms with Crippen molar-refractivity contribution in [1.29, 1.82) is 0 Å². The van der Waals surface area contributed by atoms with Gasteiger partial charge in [-0.2, -0.15) is 0 Å². The molecule has 0 aromatic carbocycles. The van der Waals surface area contributed by atoms with Crippen molar-refractivity contribution < 1.29 is 0 Å². The summed E-state index contributed by atoms with van der Waals surface area (Å²) in [5.74, 6) is 0. The predicted molar refractivity (Wildman–Crippen MR) is 27.8 cm³/mol. The second-order valence-corrected chi connectivity index (χ2v) is 0.956. The highest BCUT2D eigenvalue weighted by atomic mass is 14.8. The third-order valence-electron chi connectivity index (χ3n) is 0.417. The van der Waals surface area contributed by atoms with E-state index >= 15 is 0 Å². The van der Waals surface area contributed by atoms with Crippen LogP contribution < -0.4 is 5.73 Å². The Balaban J connectivity index is 2.73. The quantitative estimate of drug-likeness (QED) is 0.485. The van der Waals surface area contributed by atoms with Crippen molar-refractivity contribution in [3.05, 3.63) is 0 Å². The summed E-state index contributed by atoms with van der Waals surface area (Å²) < 4.78 is 0. The molecule has 0 spiro atoms. The fraction of sp³-hybridized carbons (Fsp3) is 0.750. The van der Waals surface area contributed by atoms with Crippen LogP contribution in [-0.4, -0.2) is 12.9 Å². The molecule has 0 aliphatic heterocycles. The molecule has 0 bridgehead atoms. The molecule has 0 amide bonds. The van der Waals surface area contributed by atoms with Gasteiger partial charge in [0.1, 0.15) is 0 Å². The molecule has 2 heteroatoms. The summed E-state index contributed by atoms with van der Waals surface area (Å²) in [4.78, 5) is 3.74. The maximum atomic E-state index is 5.02. The molecule has 0 saturated heterocycles. The monoisotopic (exact) mass is 86.1 g/mol. The first-order valence-electron chi connectivity index (χ1n) is 2.10. The van der Waals surface area contributed by atoms with E-state index in [-0.39, 0.29) is 0 Å². The Kier molecular flexibility index (Phi) is 4.34. The third-order valence-corrected chi connectivity index (χ3v) is 0.417. The lowest BCUT2D eigenvalue weighted by molar-refractivity contribution is 1.06. The van der Waals surface area contributed by atoms with E-state index in [9.17, 15) is 0 Å². The van der Waals surface area contributed by atoms with Crippen molar-refractivity contribution >= 4 is 6.21 Å². The smallest absolute Gasteiger partial charge is 0.0855 e. The Morgan fingerprint density at radius 1 is 1.83 bits per heavy atom. The van der Waals surface area contributed by atoms with E-state index in [1.807, 2.05) is 6.92 Å². The summed E-state index contributed by atoms with van der Waals surface area (Å²) in [5.41, 5.74) is 5.02. The maximum Gasteiger partial charge on any atom is 0.0855 e. The molecule has 0 aliphatic rings. The van der Waals surface area contributed by atoms with Crippen LogP contribution in [0.25, 0.3) is 0 Å². The molecule has 0 aromatic heterocycles. The molecule has 0 atom stereocenters. The lowest BCUT2D eigenvalue weighted by Crippen LogP contribution is -1.92. The average Bonchev–Trinajstić information content (AvgIpc) is 1.61. The number of hydrogen-bond donors (Lipinski definition) is 1. The van der Waals surface area contributed by atoms with E-state index in [1.165, 1.54) is 0 Å². The summed E-state index contributed by atoms with van der Waals surface area (Å²) in [7, 11) is 0. The van der Waals surface area contributed by atoms with Gasteiger partial charge in [-0.3, -0.25) is 4.99 Å². The van der Waals surface area contributed by atoms with Crippen molar-refractivity contribution in [1.82, 2.24) is 0 Å². The topological polar surface area (TPSA) is 38.4 Å². The van der Waals surface area contributed by atoms with Crippen LogP contribution in [0.15, 0.2) is 4.99 Å². The highest BCUT2D eigenvalue weighted by Gasteiger charge is 1.59. The second-order valence-electron chi connectivity index (χ2n) is 0.956. The Morgan fingerprint density at radius 2 is 2.50 bits per heavy atom. The Labute approximate surface area is 38.1 Å². The minimum atomic E-state index is 0.424. The van der Waals surface area contributed by atoms with E-state index in [0.29, 0.717) is 6.67 Å². The van der Waals surface area contributed by atoms with Crippen LogP contribution in [0.1, 0.15) is 13.3 Å². The van der Waals surface area contributed by atoms with Gasteiger partial charge in [0.25, 0.3) is 0 Å². The van der Waals surface area contributed by atoms with Crippen molar-refractivity contribution in [2.24, 2.45) is 10.7 Å².